The predicted octanol–water partition coefficient (Wildman–Crippen LogP) is 0.759. The Kier molecular flexibility index (Phi) is 24.7. The van der Waals surface area contributed by atoms with Gasteiger partial charge in [0.1, 0.15) is 0 Å². The first kappa shape index (κ1) is 55.0. The van der Waals surface area contributed by atoms with Crippen LogP contribution in [0.15, 0.2) is 0 Å². The normalized spacial score (nSPS) is 22.0. The zero-order chi connectivity index (χ0) is 42.7. The van der Waals surface area contributed by atoms with Gasteiger partial charge in [-0.2, -0.15) is 58.7 Å². The van der Waals surface area contributed by atoms with Crippen molar-refractivity contribution in [2.45, 2.75) is 181 Å². The number of unbranched alkanes of at least 4 members (excludes halogenated alkanes) is 4. The van der Waals surface area contributed by atoms with Crippen LogP contribution in [0, 0.1) is 0 Å². The molecule has 0 saturated carbocycles. The topological polar surface area (TPSA) is 253 Å². The van der Waals surface area contributed by atoms with Crippen molar-refractivity contribution in [3.8, 4) is 0 Å². The molecule has 23 heteroatoms. The minimum atomic E-state index is -1.24. The molecule has 326 valence electrons. The summed E-state index contributed by atoms with van der Waals surface area (Å²) in [5.74, 6) is -8.54. The molecule has 3 aliphatic rings. The second-order valence-electron chi connectivity index (χ2n) is 14.9. The summed E-state index contributed by atoms with van der Waals surface area (Å²) < 4.78 is 0. The summed E-state index contributed by atoms with van der Waals surface area (Å²) >= 11 is 0. The first-order valence-electron chi connectivity index (χ1n) is 18.1. The number of imide groups is 1. The van der Waals surface area contributed by atoms with Gasteiger partial charge in [-0.25, -0.2) is 4.79 Å². The van der Waals surface area contributed by atoms with Crippen LogP contribution in [-0.2, 0) is 92.3 Å². The SMILES string of the molecule is CC1(C)OOC(C)(C)OOC(C)(CCCCCC(=O)ON2C(=O)CCC2=O)OO1.CNC(=O)CCCCCC1(C)OOC(C)(C)OOC(C)(C)OO1.O=CO[O-].[Na+]. The van der Waals surface area contributed by atoms with Crippen LogP contribution in [0.25, 0.3) is 0 Å². The number of hydrogen-bond donors (Lipinski definition) is 1. The molecule has 0 bridgehead atoms. The standard InChI is InChI=1S/C18H29NO10.C15H29NO7.CH2O3.Na/c1-16(2)24-25-17(3,4)27-29-18(5,28-26-16)12-8-6-7-9-15(22)23-19-13(20)10-11-14(19)21;1-13(2)18-19-14(3,4)21-23-15(5,22-20-13)11-9-7-8-10-12(17)16-6;2-1-4-3;/h6-12H2,1-5H3;7-11H2,1-6H3,(H,16,17);1,3H;/q;;;+1/p-1. The maximum Gasteiger partial charge on any atom is 1.00 e. The van der Waals surface area contributed by atoms with E-state index in [1.165, 1.54) is 0 Å². The molecule has 3 fully saturated rings. The van der Waals surface area contributed by atoms with E-state index in [9.17, 15) is 19.2 Å². The number of hydroxylamine groups is 2. The fourth-order valence-corrected chi connectivity index (χ4v) is 4.14. The van der Waals surface area contributed by atoms with Gasteiger partial charge in [-0.3, -0.25) is 19.2 Å². The largest absolute Gasteiger partial charge is 1.00 e. The van der Waals surface area contributed by atoms with Gasteiger partial charge < -0.3 is 20.3 Å². The Labute approximate surface area is 354 Å². The number of nitrogens with one attached hydrogen (secondary N) is 1. The summed E-state index contributed by atoms with van der Waals surface area (Å²) in [6.07, 6.45) is 5.80. The molecule has 57 heavy (non-hydrogen) atoms. The van der Waals surface area contributed by atoms with Crippen molar-refractivity contribution in [3.05, 3.63) is 0 Å². The van der Waals surface area contributed by atoms with Crippen LogP contribution in [0.3, 0.4) is 0 Å². The molecule has 0 aromatic rings. The van der Waals surface area contributed by atoms with Crippen LogP contribution in [0.2, 0.25) is 0 Å². The number of nitrogens with zero attached hydrogens (tertiary/aromatic N) is 1. The van der Waals surface area contributed by atoms with E-state index < -0.39 is 52.5 Å². The van der Waals surface area contributed by atoms with E-state index in [1.54, 1.807) is 76.3 Å². The maximum absolute atomic E-state index is 11.8. The maximum atomic E-state index is 11.8. The van der Waals surface area contributed by atoms with E-state index in [4.69, 9.17) is 73.5 Å². The molecule has 3 heterocycles. The third-order valence-electron chi connectivity index (χ3n) is 7.12. The van der Waals surface area contributed by atoms with Crippen LogP contribution in [-0.4, -0.2) is 77.0 Å². The zero-order valence-electron chi connectivity index (χ0n) is 35.2. The van der Waals surface area contributed by atoms with E-state index in [-0.39, 0.29) is 61.2 Å². The Balaban J connectivity index is 0.00000101. The van der Waals surface area contributed by atoms with Gasteiger partial charge in [0.15, 0.2) is 0 Å². The van der Waals surface area contributed by atoms with Crippen LogP contribution < -0.4 is 40.1 Å². The molecule has 3 aliphatic heterocycles. The van der Waals surface area contributed by atoms with Gasteiger partial charge in [0.2, 0.25) is 40.6 Å². The average molecular weight is 839 g/mol. The van der Waals surface area contributed by atoms with E-state index in [2.05, 4.69) is 10.2 Å². The van der Waals surface area contributed by atoms with Crippen LogP contribution in [0.4, 0.5) is 0 Å². The molecule has 0 aliphatic carbocycles. The van der Waals surface area contributed by atoms with Crippen molar-refractivity contribution >= 4 is 30.2 Å². The number of amides is 3. The molecule has 0 spiro atoms. The van der Waals surface area contributed by atoms with E-state index in [1.807, 2.05) is 0 Å². The van der Waals surface area contributed by atoms with E-state index >= 15 is 0 Å². The minimum Gasteiger partial charge on any atom is -0.662 e. The first-order valence-corrected chi connectivity index (χ1v) is 18.1. The summed E-state index contributed by atoms with van der Waals surface area (Å²) in [7, 11) is 1.63. The van der Waals surface area contributed by atoms with Crippen LogP contribution in [0.1, 0.15) is 146 Å². The molecular formula is C34H59N2NaO20. The number of carbonyl (C=O) groups excluding carboxylic acids is 5. The molecule has 0 aromatic carbocycles. The summed E-state index contributed by atoms with van der Waals surface area (Å²) in [6.45, 7) is 16.2. The Morgan fingerprint density at radius 1 is 0.614 bits per heavy atom. The molecular weight excluding hydrogens is 779 g/mol. The molecule has 22 nitrogen and oxygen atoms in total. The third-order valence-corrected chi connectivity index (χ3v) is 7.12. The monoisotopic (exact) mass is 838 g/mol. The Morgan fingerprint density at radius 2 is 0.930 bits per heavy atom. The van der Waals surface area contributed by atoms with Crippen LogP contribution in [0.5, 0.6) is 0 Å². The molecule has 0 radical (unpaired) electrons. The Hall–Kier alpha value is -1.97. The van der Waals surface area contributed by atoms with Gasteiger partial charge in [0, 0.05) is 45.6 Å². The third kappa shape index (κ3) is 24.0. The number of rotatable bonds is 14. The molecule has 0 aromatic heterocycles. The van der Waals surface area contributed by atoms with Crippen molar-refractivity contribution < 1.29 is 127 Å². The van der Waals surface area contributed by atoms with Gasteiger partial charge in [-0.1, -0.05) is 12.8 Å². The second-order valence-corrected chi connectivity index (χ2v) is 14.9. The fraction of sp³-hybridized carbons (Fsp3) is 0.853. The molecule has 3 rings (SSSR count). The number of carbonyl (C=O) groups is 5. The van der Waals surface area contributed by atoms with Crippen molar-refractivity contribution in [1.82, 2.24) is 10.4 Å². The fourth-order valence-electron chi connectivity index (χ4n) is 4.14. The predicted molar refractivity (Wildman–Crippen MR) is 181 cm³/mol. The molecule has 3 amide bonds. The van der Waals surface area contributed by atoms with Crippen LogP contribution >= 0.6 is 0 Å². The molecule has 0 unspecified atom stereocenters. The Bertz CT molecular complexity index is 1190. The number of hydrogen-bond acceptors (Lipinski definition) is 20. The van der Waals surface area contributed by atoms with Gasteiger partial charge in [-0.05, 0) is 94.9 Å². The molecule has 3 saturated heterocycles. The first-order chi connectivity index (χ1) is 25.9. The summed E-state index contributed by atoms with van der Waals surface area (Å²) in [5, 5.41) is 11.6. The zero-order valence-corrected chi connectivity index (χ0v) is 37.2. The van der Waals surface area contributed by atoms with Gasteiger partial charge in [0.25, 0.3) is 18.3 Å². The smallest absolute Gasteiger partial charge is 0.662 e. The van der Waals surface area contributed by atoms with Crippen molar-refractivity contribution in [1.29, 1.82) is 0 Å². The van der Waals surface area contributed by atoms with Gasteiger partial charge in [0.05, 0.1) is 0 Å². The van der Waals surface area contributed by atoms with Crippen molar-refractivity contribution in [3.63, 3.8) is 0 Å². The summed E-state index contributed by atoms with van der Waals surface area (Å²) in [6, 6.07) is 0. The minimum absolute atomic E-state index is 0. The summed E-state index contributed by atoms with van der Waals surface area (Å²) in [4.78, 5) is 125. The van der Waals surface area contributed by atoms with Gasteiger partial charge >= 0.3 is 35.5 Å². The quantitative estimate of drug-likeness (QED) is 0.0633. The van der Waals surface area contributed by atoms with E-state index in [0.717, 1.165) is 19.3 Å². The molecule has 0 atom stereocenters. The second kappa shape index (κ2) is 25.6. The summed E-state index contributed by atoms with van der Waals surface area (Å²) in [5.41, 5.74) is 0. The van der Waals surface area contributed by atoms with Crippen molar-refractivity contribution in [2.75, 3.05) is 7.05 Å². The Morgan fingerprint density at radius 3 is 1.25 bits per heavy atom. The van der Waals surface area contributed by atoms with Gasteiger partial charge in [-0.15, -0.1) is 5.06 Å². The van der Waals surface area contributed by atoms with Crippen molar-refractivity contribution in [2.24, 2.45) is 0 Å². The molecule has 1 N–H and O–H groups in total. The average Bonchev–Trinajstić information content (AvgIpc) is 3.48. The van der Waals surface area contributed by atoms with E-state index in [0.29, 0.717) is 43.6 Å².